The molecule has 0 amide bonds. The highest BCUT2D eigenvalue weighted by atomic mass is 32.1. The average Bonchev–Trinajstić information content (AvgIpc) is 3.54. The Morgan fingerprint density at radius 2 is 0.979 bits per heavy atom. The predicted molar refractivity (Wildman–Crippen MR) is 199 cm³/mol. The first kappa shape index (κ1) is 26.3. The molecule has 0 radical (unpaired) electrons. The highest BCUT2D eigenvalue weighted by Crippen LogP contribution is 2.43. The molecule has 0 spiro atoms. The fraction of sp³-hybridized carbons (Fsp3) is 0. The summed E-state index contributed by atoms with van der Waals surface area (Å²) in [6.45, 7) is 0. The monoisotopic (exact) mass is 615 g/mol. The van der Waals surface area contributed by atoms with Crippen molar-refractivity contribution in [2.75, 3.05) is 0 Å². The van der Waals surface area contributed by atoms with Crippen LogP contribution in [0.15, 0.2) is 152 Å². The first-order chi connectivity index (χ1) is 23.3. The molecule has 0 unspecified atom stereocenters. The Morgan fingerprint density at radius 1 is 0.404 bits per heavy atom. The maximum atomic E-state index is 5.32. The van der Waals surface area contributed by atoms with Gasteiger partial charge >= 0.3 is 0 Å². The van der Waals surface area contributed by atoms with E-state index in [-0.39, 0.29) is 0 Å². The SMILES string of the molecule is c1ccc(-c2ccc3ccc4ccc(-c5ccc(-c6nc7cc8ccccc8cc7c7c6sc6ccccc67)cc5)nc4c3n2)cc1. The van der Waals surface area contributed by atoms with Crippen molar-refractivity contribution in [3.63, 3.8) is 0 Å². The minimum absolute atomic E-state index is 0.914. The average molecular weight is 616 g/mol. The molecule has 0 aliphatic carbocycles. The van der Waals surface area contributed by atoms with Crippen molar-refractivity contribution in [2.45, 2.75) is 0 Å². The molecule has 0 bridgehead atoms. The van der Waals surface area contributed by atoms with Gasteiger partial charge in [0.1, 0.15) is 0 Å². The van der Waals surface area contributed by atoms with Crippen molar-refractivity contribution in [1.82, 2.24) is 15.0 Å². The number of hydrogen-bond donors (Lipinski definition) is 0. The van der Waals surface area contributed by atoms with Crippen LogP contribution in [0.5, 0.6) is 0 Å². The molecule has 6 aromatic carbocycles. The summed E-state index contributed by atoms with van der Waals surface area (Å²) < 4.78 is 2.50. The molecule has 0 aliphatic rings. The molecule has 0 saturated carbocycles. The minimum atomic E-state index is 0.914. The van der Waals surface area contributed by atoms with Crippen LogP contribution in [0.2, 0.25) is 0 Å². The largest absolute Gasteiger partial charge is 0.246 e. The van der Waals surface area contributed by atoms with Crippen LogP contribution < -0.4 is 0 Å². The van der Waals surface area contributed by atoms with E-state index in [4.69, 9.17) is 15.0 Å². The van der Waals surface area contributed by atoms with E-state index in [0.29, 0.717) is 0 Å². The summed E-state index contributed by atoms with van der Waals surface area (Å²) in [6.07, 6.45) is 0. The Bertz CT molecular complexity index is 2840. The molecule has 0 saturated heterocycles. The van der Waals surface area contributed by atoms with E-state index >= 15 is 0 Å². The van der Waals surface area contributed by atoms with Gasteiger partial charge in [-0.05, 0) is 41.1 Å². The van der Waals surface area contributed by atoms with Gasteiger partial charge in [-0.25, -0.2) is 15.0 Å². The first-order valence-electron chi connectivity index (χ1n) is 15.8. The summed E-state index contributed by atoms with van der Waals surface area (Å²) in [4.78, 5) is 15.6. The van der Waals surface area contributed by atoms with Gasteiger partial charge in [0.05, 0.1) is 38.3 Å². The van der Waals surface area contributed by atoms with Gasteiger partial charge in [-0.2, -0.15) is 0 Å². The van der Waals surface area contributed by atoms with Crippen LogP contribution in [0.25, 0.3) is 97.4 Å². The van der Waals surface area contributed by atoms with Gasteiger partial charge in [-0.15, -0.1) is 11.3 Å². The van der Waals surface area contributed by atoms with Crippen molar-refractivity contribution in [3.05, 3.63) is 152 Å². The van der Waals surface area contributed by atoms with Crippen molar-refractivity contribution in [3.8, 4) is 33.8 Å². The molecule has 0 aliphatic heterocycles. The third-order valence-electron chi connectivity index (χ3n) is 9.22. The van der Waals surface area contributed by atoms with Crippen LogP contribution in [0.4, 0.5) is 0 Å². The summed E-state index contributed by atoms with van der Waals surface area (Å²) >= 11 is 1.82. The molecular formula is C43H25N3S. The van der Waals surface area contributed by atoms with Crippen LogP contribution in [-0.2, 0) is 0 Å². The zero-order chi connectivity index (χ0) is 30.9. The Balaban J connectivity index is 1.12. The Labute approximate surface area is 274 Å². The topological polar surface area (TPSA) is 38.7 Å². The summed E-state index contributed by atoms with van der Waals surface area (Å²) in [5.74, 6) is 0. The van der Waals surface area contributed by atoms with E-state index in [2.05, 4.69) is 133 Å². The van der Waals surface area contributed by atoms with Crippen molar-refractivity contribution < 1.29 is 0 Å². The number of rotatable bonds is 3. The Kier molecular flexibility index (Phi) is 5.74. The first-order valence-corrected chi connectivity index (χ1v) is 16.6. The summed E-state index contributed by atoms with van der Waals surface area (Å²) in [6, 6.07) is 53.6. The molecule has 3 nitrogen and oxygen atoms in total. The molecule has 0 fully saturated rings. The van der Waals surface area contributed by atoms with Gasteiger partial charge in [-0.3, -0.25) is 0 Å². The molecule has 218 valence electrons. The second-order valence-corrected chi connectivity index (χ2v) is 13.1. The lowest BCUT2D eigenvalue weighted by atomic mass is 9.99. The van der Waals surface area contributed by atoms with Gasteiger partial charge in [0, 0.05) is 48.3 Å². The highest BCUT2D eigenvalue weighted by molar-refractivity contribution is 7.26. The number of thiophene rings is 1. The second kappa shape index (κ2) is 10.3. The third-order valence-corrected chi connectivity index (χ3v) is 10.4. The maximum absolute atomic E-state index is 5.32. The number of nitrogens with zero attached hydrogens (tertiary/aromatic N) is 3. The fourth-order valence-corrected chi connectivity index (χ4v) is 8.09. The number of pyridine rings is 3. The lowest BCUT2D eigenvalue weighted by Crippen LogP contribution is -1.91. The normalized spacial score (nSPS) is 11.8. The fourth-order valence-electron chi connectivity index (χ4n) is 6.86. The zero-order valence-electron chi connectivity index (χ0n) is 25.2. The van der Waals surface area contributed by atoms with Crippen molar-refractivity contribution in [2.24, 2.45) is 0 Å². The molecule has 4 aromatic heterocycles. The zero-order valence-corrected chi connectivity index (χ0v) is 26.0. The highest BCUT2D eigenvalue weighted by Gasteiger charge is 2.17. The van der Waals surface area contributed by atoms with Crippen molar-refractivity contribution in [1.29, 1.82) is 0 Å². The van der Waals surface area contributed by atoms with E-state index in [9.17, 15) is 0 Å². The van der Waals surface area contributed by atoms with Crippen molar-refractivity contribution >= 4 is 75.0 Å². The number of fused-ring (bicyclic) bond motifs is 9. The molecule has 4 heteroatoms. The van der Waals surface area contributed by atoms with E-state index < -0.39 is 0 Å². The Morgan fingerprint density at radius 3 is 1.70 bits per heavy atom. The molecule has 4 heterocycles. The predicted octanol–water partition coefficient (Wildman–Crippen LogP) is 11.9. The van der Waals surface area contributed by atoms with Crippen LogP contribution in [-0.4, -0.2) is 15.0 Å². The third kappa shape index (κ3) is 4.23. The van der Waals surface area contributed by atoms with Crippen LogP contribution in [0, 0.1) is 0 Å². The van der Waals surface area contributed by atoms with Gasteiger partial charge in [0.2, 0.25) is 0 Å². The molecular weight excluding hydrogens is 591 g/mol. The molecule has 0 N–H and O–H groups in total. The summed E-state index contributed by atoms with van der Waals surface area (Å²) in [7, 11) is 0. The molecule has 0 atom stereocenters. The van der Waals surface area contributed by atoms with E-state index in [1.54, 1.807) is 0 Å². The number of benzene rings is 6. The van der Waals surface area contributed by atoms with Crippen LogP contribution in [0.3, 0.4) is 0 Å². The molecule has 10 rings (SSSR count). The van der Waals surface area contributed by atoms with E-state index in [0.717, 1.165) is 61.1 Å². The second-order valence-electron chi connectivity index (χ2n) is 12.0. The smallest absolute Gasteiger partial charge is 0.0972 e. The van der Waals surface area contributed by atoms with E-state index in [1.807, 2.05) is 29.5 Å². The van der Waals surface area contributed by atoms with Gasteiger partial charge < -0.3 is 0 Å². The quantitative estimate of drug-likeness (QED) is 0.147. The van der Waals surface area contributed by atoms with Gasteiger partial charge in [0.15, 0.2) is 0 Å². The molecule has 10 aromatic rings. The minimum Gasteiger partial charge on any atom is -0.246 e. The summed E-state index contributed by atoms with van der Waals surface area (Å²) in [5, 5.41) is 8.37. The summed E-state index contributed by atoms with van der Waals surface area (Å²) in [5.41, 5.74) is 9.00. The number of aromatic nitrogens is 3. The van der Waals surface area contributed by atoms with Gasteiger partial charge in [0.25, 0.3) is 0 Å². The number of hydrogen-bond acceptors (Lipinski definition) is 4. The van der Waals surface area contributed by atoms with Crippen LogP contribution in [0.1, 0.15) is 0 Å². The van der Waals surface area contributed by atoms with Crippen LogP contribution >= 0.6 is 11.3 Å². The van der Waals surface area contributed by atoms with Gasteiger partial charge in [-0.1, -0.05) is 121 Å². The lowest BCUT2D eigenvalue weighted by molar-refractivity contribution is 1.36. The molecule has 47 heavy (non-hydrogen) atoms. The Hall–Kier alpha value is -5.97. The standard InChI is InChI=1S/C43H25N3S/c1-2-8-26(9-3-1)35-22-20-28-18-19-29-21-23-36(45-41(29)40(28)44-35)27-14-16-30(17-15-27)42-43-39(33-12-6-7-13-38(33)47-43)34-24-31-10-4-5-11-32(31)25-37(34)46-42/h1-25H. The maximum Gasteiger partial charge on any atom is 0.0972 e. The lowest BCUT2D eigenvalue weighted by Gasteiger charge is -2.10. The van der Waals surface area contributed by atoms with E-state index in [1.165, 1.54) is 36.3 Å².